The molecule has 114 valence electrons. The van der Waals surface area contributed by atoms with E-state index in [0.29, 0.717) is 5.82 Å². The maximum absolute atomic E-state index is 12.2. The van der Waals surface area contributed by atoms with Crippen LogP contribution in [0.2, 0.25) is 5.02 Å². The molecular weight excluding hydrogens is 300 g/mol. The Labute approximate surface area is 125 Å². The third kappa shape index (κ3) is 4.90. The molecule has 0 saturated heterocycles. The third-order valence-corrected chi connectivity index (χ3v) is 4.57. The van der Waals surface area contributed by atoms with Crippen LogP contribution in [0, 0.1) is 0 Å². The third-order valence-electron chi connectivity index (χ3n) is 2.73. The molecule has 1 rings (SSSR count). The number of nitrogens with zero attached hydrogens (tertiary/aromatic N) is 2. The van der Waals surface area contributed by atoms with Crippen LogP contribution in [0.5, 0.6) is 0 Å². The summed E-state index contributed by atoms with van der Waals surface area (Å²) in [5.41, 5.74) is 0. The molecule has 0 bridgehead atoms. The van der Waals surface area contributed by atoms with Crippen molar-refractivity contribution < 1.29 is 8.42 Å². The molecule has 0 spiro atoms. The summed E-state index contributed by atoms with van der Waals surface area (Å²) in [6.45, 7) is 2.64. The minimum absolute atomic E-state index is 0.0678. The van der Waals surface area contributed by atoms with Gasteiger partial charge in [-0.25, -0.2) is 18.1 Å². The fourth-order valence-electron chi connectivity index (χ4n) is 1.59. The monoisotopic (exact) mass is 320 g/mol. The summed E-state index contributed by atoms with van der Waals surface area (Å²) < 4.78 is 27.0. The second-order valence-corrected chi connectivity index (χ2v) is 6.99. The largest absolute Gasteiger partial charge is 0.372 e. The fraction of sp³-hybridized carbons (Fsp3) is 0.583. The van der Waals surface area contributed by atoms with Crippen LogP contribution in [0.25, 0.3) is 0 Å². The van der Waals surface area contributed by atoms with Gasteiger partial charge in [0.15, 0.2) is 0 Å². The van der Waals surface area contributed by atoms with Crippen LogP contribution < -0.4 is 10.0 Å². The number of pyridine rings is 1. The Morgan fingerprint density at radius 3 is 2.60 bits per heavy atom. The maximum atomic E-state index is 12.2. The molecule has 2 N–H and O–H groups in total. The Kier molecular flexibility index (Phi) is 6.19. The lowest BCUT2D eigenvalue weighted by Gasteiger charge is -2.17. The van der Waals surface area contributed by atoms with E-state index in [1.807, 2.05) is 25.9 Å². The maximum Gasteiger partial charge on any atom is 0.242 e. The number of hydrogen-bond donors (Lipinski definition) is 2. The van der Waals surface area contributed by atoms with Crippen molar-refractivity contribution in [2.45, 2.75) is 24.3 Å². The predicted molar refractivity (Wildman–Crippen MR) is 81.7 cm³/mol. The Hall–Kier alpha value is -0.890. The highest BCUT2D eigenvalue weighted by Gasteiger charge is 2.19. The zero-order chi connectivity index (χ0) is 15.3. The lowest BCUT2D eigenvalue weighted by atomic mass is 10.2. The lowest BCUT2D eigenvalue weighted by Crippen LogP contribution is -2.34. The quantitative estimate of drug-likeness (QED) is 0.794. The van der Waals surface area contributed by atoms with E-state index in [1.54, 1.807) is 7.05 Å². The van der Waals surface area contributed by atoms with E-state index in [-0.39, 0.29) is 16.0 Å². The molecule has 0 aliphatic carbocycles. The fourth-order valence-corrected chi connectivity index (χ4v) is 3.17. The average Bonchev–Trinajstić information content (AvgIpc) is 2.35. The summed E-state index contributed by atoms with van der Waals surface area (Å²) in [6.07, 6.45) is 2.01. The van der Waals surface area contributed by atoms with Crippen molar-refractivity contribution in [1.82, 2.24) is 14.6 Å². The first-order valence-electron chi connectivity index (χ1n) is 6.26. The number of halogens is 1. The highest BCUT2D eigenvalue weighted by atomic mass is 35.5. The topological polar surface area (TPSA) is 74.3 Å². The molecule has 0 aromatic carbocycles. The Bertz CT molecular complexity index is 548. The first-order valence-corrected chi connectivity index (χ1v) is 8.12. The zero-order valence-corrected chi connectivity index (χ0v) is 13.7. The van der Waals surface area contributed by atoms with Gasteiger partial charge in [0.05, 0.1) is 5.02 Å². The number of hydrogen-bond acceptors (Lipinski definition) is 5. The lowest BCUT2D eigenvalue weighted by molar-refractivity contribution is 0.379. The van der Waals surface area contributed by atoms with Crippen molar-refractivity contribution >= 4 is 27.4 Å². The smallest absolute Gasteiger partial charge is 0.242 e. The first-order chi connectivity index (χ1) is 9.26. The Morgan fingerprint density at radius 2 is 2.10 bits per heavy atom. The predicted octanol–water partition coefficient (Wildman–Crippen LogP) is 1.40. The van der Waals surface area contributed by atoms with Gasteiger partial charge in [-0.05, 0) is 40.1 Å². The van der Waals surface area contributed by atoms with Crippen molar-refractivity contribution in [2.75, 3.05) is 33.0 Å². The van der Waals surface area contributed by atoms with Crippen molar-refractivity contribution in [3.05, 3.63) is 17.3 Å². The van der Waals surface area contributed by atoms with Gasteiger partial charge in [0, 0.05) is 19.3 Å². The summed E-state index contributed by atoms with van der Waals surface area (Å²) in [5, 5.41) is 3.06. The van der Waals surface area contributed by atoms with Gasteiger partial charge < -0.3 is 10.2 Å². The summed E-state index contributed by atoms with van der Waals surface area (Å²) >= 11 is 5.95. The molecule has 0 amide bonds. The van der Waals surface area contributed by atoms with Crippen LogP contribution in [0.15, 0.2) is 17.2 Å². The second kappa shape index (κ2) is 7.21. The molecule has 1 aromatic rings. The van der Waals surface area contributed by atoms with Crippen LogP contribution in [0.1, 0.15) is 13.3 Å². The van der Waals surface area contributed by atoms with Crippen molar-refractivity contribution in [3.63, 3.8) is 0 Å². The van der Waals surface area contributed by atoms with E-state index in [1.165, 1.54) is 12.3 Å². The first kappa shape index (κ1) is 17.2. The van der Waals surface area contributed by atoms with Gasteiger partial charge >= 0.3 is 0 Å². The molecule has 1 unspecified atom stereocenters. The molecule has 1 atom stereocenters. The summed E-state index contributed by atoms with van der Waals surface area (Å²) in [7, 11) is 1.96. The van der Waals surface area contributed by atoms with Gasteiger partial charge in [-0.3, -0.25) is 0 Å². The van der Waals surface area contributed by atoms with Crippen LogP contribution >= 0.6 is 11.6 Å². The molecule has 8 heteroatoms. The number of anilines is 1. The normalized spacial score (nSPS) is 13.5. The van der Waals surface area contributed by atoms with Gasteiger partial charge in [-0.15, -0.1) is 0 Å². The van der Waals surface area contributed by atoms with Gasteiger partial charge in [0.25, 0.3) is 0 Å². The van der Waals surface area contributed by atoms with E-state index >= 15 is 0 Å². The van der Waals surface area contributed by atoms with Gasteiger partial charge in [-0.1, -0.05) is 11.6 Å². The van der Waals surface area contributed by atoms with Crippen LogP contribution in [0.4, 0.5) is 5.82 Å². The molecule has 1 aromatic heterocycles. The van der Waals surface area contributed by atoms with Crippen molar-refractivity contribution in [3.8, 4) is 0 Å². The SMILES string of the molecule is CNc1ncc(S(=O)(=O)NC(C)CCN(C)C)cc1Cl. The molecule has 20 heavy (non-hydrogen) atoms. The minimum atomic E-state index is -3.60. The Balaban J connectivity index is 2.81. The number of nitrogens with one attached hydrogen (secondary N) is 2. The molecule has 0 aliphatic heterocycles. The minimum Gasteiger partial charge on any atom is -0.372 e. The van der Waals surface area contributed by atoms with E-state index in [4.69, 9.17) is 11.6 Å². The molecule has 0 fully saturated rings. The van der Waals surface area contributed by atoms with Crippen molar-refractivity contribution in [1.29, 1.82) is 0 Å². The molecular formula is C12H21ClN4O2S. The molecule has 1 heterocycles. The summed E-state index contributed by atoms with van der Waals surface area (Å²) in [4.78, 5) is 6.05. The Morgan fingerprint density at radius 1 is 1.45 bits per heavy atom. The van der Waals surface area contributed by atoms with E-state index in [2.05, 4.69) is 15.0 Å². The van der Waals surface area contributed by atoms with E-state index in [0.717, 1.165) is 13.0 Å². The summed E-state index contributed by atoms with van der Waals surface area (Å²) in [6, 6.07) is 1.23. The highest BCUT2D eigenvalue weighted by Crippen LogP contribution is 2.22. The molecule has 6 nitrogen and oxygen atoms in total. The number of rotatable bonds is 7. The number of aromatic nitrogens is 1. The molecule has 0 aliphatic rings. The standard InChI is InChI=1S/C12H21ClN4O2S/c1-9(5-6-17(3)4)16-20(18,19)10-7-11(13)12(14-2)15-8-10/h7-9,16H,5-6H2,1-4H3,(H,14,15). The average molecular weight is 321 g/mol. The second-order valence-electron chi connectivity index (χ2n) is 4.87. The summed E-state index contributed by atoms with van der Waals surface area (Å²) in [5.74, 6) is 0.450. The van der Waals surface area contributed by atoms with E-state index < -0.39 is 10.0 Å². The van der Waals surface area contributed by atoms with Gasteiger partial charge in [0.2, 0.25) is 10.0 Å². The van der Waals surface area contributed by atoms with Crippen molar-refractivity contribution in [2.24, 2.45) is 0 Å². The molecule has 0 saturated carbocycles. The molecule has 0 radical (unpaired) electrons. The van der Waals surface area contributed by atoms with E-state index in [9.17, 15) is 8.42 Å². The van der Waals surface area contributed by atoms with Crippen LogP contribution in [-0.2, 0) is 10.0 Å². The van der Waals surface area contributed by atoms with Crippen LogP contribution in [0.3, 0.4) is 0 Å². The highest BCUT2D eigenvalue weighted by molar-refractivity contribution is 7.89. The zero-order valence-electron chi connectivity index (χ0n) is 12.1. The van der Waals surface area contributed by atoms with Gasteiger partial charge in [-0.2, -0.15) is 0 Å². The van der Waals surface area contributed by atoms with Crippen LogP contribution in [-0.4, -0.2) is 52.0 Å². The number of sulfonamides is 1. The van der Waals surface area contributed by atoms with Gasteiger partial charge in [0.1, 0.15) is 10.7 Å².